The summed E-state index contributed by atoms with van der Waals surface area (Å²) >= 11 is 0. The van der Waals surface area contributed by atoms with E-state index in [9.17, 15) is 13.2 Å². The van der Waals surface area contributed by atoms with Gasteiger partial charge in [0.15, 0.2) is 0 Å². The molecule has 0 unspecified atom stereocenters. The third-order valence-corrected chi connectivity index (χ3v) is 4.47. The smallest absolute Gasteiger partial charge is 1.00 e. The van der Waals surface area contributed by atoms with Gasteiger partial charge in [0.2, 0.25) is 0 Å². The molecule has 6 heteroatoms. The van der Waals surface area contributed by atoms with E-state index in [1.54, 1.807) is 18.2 Å². The van der Waals surface area contributed by atoms with Crippen LogP contribution in [0.2, 0.25) is 0 Å². The van der Waals surface area contributed by atoms with Gasteiger partial charge in [-0.3, -0.25) is 4.79 Å². The van der Waals surface area contributed by atoms with Gasteiger partial charge in [-0.05, 0) is 18.6 Å². The average Bonchev–Trinajstić information content (AvgIpc) is 2.47. The first-order valence-electron chi connectivity index (χ1n) is 7.58. The normalized spacial score (nSPS) is 10.8. The molecule has 0 N–H and O–H groups in total. The summed E-state index contributed by atoms with van der Waals surface area (Å²) in [4.78, 5) is 11.6. The molecule has 0 saturated carbocycles. The number of carbonyl (C=O) groups is 1. The van der Waals surface area contributed by atoms with Crippen LogP contribution in [0.1, 0.15) is 59.7 Å². The number of rotatable bonds is 10. The Hall–Kier alpha value is -0.360. The largest absolute Gasteiger partial charge is 1.00 e. The van der Waals surface area contributed by atoms with E-state index in [-0.39, 0.29) is 42.3 Å². The molecule has 1 rings (SSSR count). The second kappa shape index (κ2) is 12.1. The molecule has 0 aliphatic carbocycles. The molecule has 0 amide bonds. The minimum atomic E-state index is -3.96. The van der Waals surface area contributed by atoms with Crippen LogP contribution in [0, 0.1) is 0 Å². The van der Waals surface area contributed by atoms with Crippen molar-refractivity contribution in [3.63, 3.8) is 0 Å². The SMILES string of the molecule is CCCCCCCCCC(=O)OS(=O)(=O)c1ccccc1.[H-].[Na+]. The molecule has 0 radical (unpaired) electrons. The molecule has 0 spiro atoms. The molecular formula is C16H25NaO4S. The Kier molecular flexibility index (Phi) is 11.9. The zero-order chi connectivity index (χ0) is 15.6. The molecule has 0 heterocycles. The summed E-state index contributed by atoms with van der Waals surface area (Å²) in [5.41, 5.74) is 0. The van der Waals surface area contributed by atoms with E-state index in [0.717, 1.165) is 12.8 Å². The maximum atomic E-state index is 11.8. The van der Waals surface area contributed by atoms with Gasteiger partial charge in [-0.1, -0.05) is 63.6 Å². The molecule has 4 nitrogen and oxygen atoms in total. The van der Waals surface area contributed by atoms with E-state index < -0.39 is 16.1 Å². The van der Waals surface area contributed by atoms with Crippen LogP contribution in [0.25, 0.3) is 0 Å². The first-order chi connectivity index (χ1) is 10.1. The molecule has 1 aromatic rings. The molecule has 1 aromatic carbocycles. The predicted octanol–water partition coefficient (Wildman–Crippen LogP) is 1.18. The van der Waals surface area contributed by atoms with Crippen LogP contribution in [0.5, 0.6) is 0 Å². The number of hydrogen-bond donors (Lipinski definition) is 0. The minimum Gasteiger partial charge on any atom is -1.00 e. The second-order valence-corrected chi connectivity index (χ2v) is 6.64. The molecule has 0 atom stereocenters. The van der Waals surface area contributed by atoms with Crippen LogP contribution >= 0.6 is 0 Å². The fourth-order valence-corrected chi connectivity index (χ4v) is 2.94. The quantitative estimate of drug-likeness (QED) is 0.366. The van der Waals surface area contributed by atoms with E-state index in [0.29, 0.717) is 6.42 Å². The maximum absolute atomic E-state index is 11.8. The van der Waals surface area contributed by atoms with Gasteiger partial charge >= 0.3 is 45.6 Å². The topological polar surface area (TPSA) is 60.4 Å². The van der Waals surface area contributed by atoms with Crippen molar-refractivity contribution in [1.29, 1.82) is 0 Å². The van der Waals surface area contributed by atoms with Crippen LogP contribution in [0.4, 0.5) is 0 Å². The number of unbranched alkanes of at least 4 members (excludes halogenated alkanes) is 6. The summed E-state index contributed by atoms with van der Waals surface area (Å²) in [6.45, 7) is 2.17. The Balaban J connectivity index is 0. The van der Waals surface area contributed by atoms with Gasteiger partial charge in [0.25, 0.3) is 0 Å². The summed E-state index contributed by atoms with van der Waals surface area (Å²) in [6, 6.07) is 7.72. The predicted molar refractivity (Wildman–Crippen MR) is 83.4 cm³/mol. The monoisotopic (exact) mass is 336 g/mol. The molecule has 120 valence electrons. The molecule has 0 aliphatic rings. The van der Waals surface area contributed by atoms with E-state index in [1.807, 2.05) is 0 Å². The Morgan fingerprint density at radius 1 is 1.00 bits per heavy atom. The van der Waals surface area contributed by atoms with Crippen LogP contribution < -0.4 is 29.6 Å². The van der Waals surface area contributed by atoms with Gasteiger partial charge in [-0.15, -0.1) is 0 Å². The minimum absolute atomic E-state index is 0. The van der Waals surface area contributed by atoms with Crippen molar-refractivity contribution in [2.75, 3.05) is 0 Å². The average molecular weight is 336 g/mol. The number of hydrogen-bond acceptors (Lipinski definition) is 4. The van der Waals surface area contributed by atoms with Gasteiger partial charge in [0.05, 0.1) is 0 Å². The first-order valence-corrected chi connectivity index (χ1v) is 8.99. The number of benzene rings is 1. The second-order valence-electron chi connectivity index (χ2n) is 5.09. The first kappa shape index (κ1) is 21.6. The zero-order valence-electron chi connectivity index (χ0n) is 14.6. The van der Waals surface area contributed by atoms with Gasteiger partial charge in [0, 0.05) is 6.42 Å². The van der Waals surface area contributed by atoms with Gasteiger partial charge < -0.3 is 5.61 Å². The van der Waals surface area contributed by atoms with Gasteiger partial charge in [0.1, 0.15) is 4.90 Å². The van der Waals surface area contributed by atoms with Crippen molar-refractivity contribution in [2.45, 2.75) is 63.2 Å². The Labute approximate surface area is 157 Å². The molecule has 0 fully saturated rings. The van der Waals surface area contributed by atoms with E-state index in [2.05, 4.69) is 11.1 Å². The summed E-state index contributed by atoms with van der Waals surface area (Å²) in [5, 5.41) is 0. The van der Waals surface area contributed by atoms with Crippen molar-refractivity contribution in [3.05, 3.63) is 30.3 Å². The van der Waals surface area contributed by atoms with E-state index >= 15 is 0 Å². The Morgan fingerprint density at radius 3 is 2.14 bits per heavy atom. The van der Waals surface area contributed by atoms with Crippen LogP contribution in [-0.2, 0) is 19.1 Å². The summed E-state index contributed by atoms with van der Waals surface area (Å²) in [5.74, 6) is -0.674. The molecule has 0 aliphatic heterocycles. The fraction of sp³-hybridized carbons (Fsp3) is 0.562. The standard InChI is InChI=1S/C16H24O4S.Na.H/c1-2-3-4-5-6-7-11-14-16(17)20-21(18,19)15-12-9-8-10-13-15;;/h8-10,12-13H,2-7,11,14H2,1H3;;/q;+1;-1. The third kappa shape index (κ3) is 8.93. The van der Waals surface area contributed by atoms with Crippen LogP contribution in [-0.4, -0.2) is 14.4 Å². The fourth-order valence-electron chi connectivity index (χ4n) is 2.03. The third-order valence-electron chi connectivity index (χ3n) is 3.22. The maximum Gasteiger partial charge on any atom is 1.00 e. The Bertz CT molecular complexity index is 520. The summed E-state index contributed by atoms with van der Waals surface area (Å²) < 4.78 is 28.2. The molecular weight excluding hydrogens is 311 g/mol. The Morgan fingerprint density at radius 2 is 1.55 bits per heavy atom. The van der Waals surface area contributed by atoms with E-state index in [4.69, 9.17) is 0 Å². The van der Waals surface area contributed by atoms with E-state index in [1.165, 1.54) is 37.8 Å². The molecule has 0 bridgehead atoms. The zero-order valence-corrected chi connectivity index (χ0v) is 16.4. The summed E-state index contributed by atoms with van der Waals surface area (Å²) in [6.07, 6.45) is 7.70. The molecule has 22 heavy (non-hydrogen) atoms. The number of carbonyl (C=O) groups excluding carboxylic acids is 1. The summed E-state index contributed by atoms with van der Waals surface area (Å²) in [7, 11) is -3.96. The van der Waals surface area contributed by atoms with Crippen LogP contribution in [0.15, 0.2) is 35.2 Å². The molecule has 0 aromatic heterocycles. The van der Waals surface area contributed by atoms with Crippen molar-refractivity contribution < 1.29 is 48.4 Å². The van der Waals surface area contributed by atoms with Crippen molar-refractivity contribution in [2.24, 2.45) is 0 Å². The van der Waals surface area contributed by atoms with Crippen LogP contribution in [0.3, 0.4) is 0 Å². The molecule has 0 saturated heterocycles. The van der Waals surface area contributed by atoms with Gasteiger partial charge in [-0.25, -0.2) is 0 Å². The van der Waals surface area contributed by atoms with Crippen molar-refractivity contribution in [3.8, 4) is 0 Å². The van der Waals surface area contributed by atoms with Crippen molar-refractivity contribution in [1.82, 2.24) is 0 Å². The van der Waals surface area contributed by atoms with Crippen molar-refractivity contribution >= 4 is 16.1 Å². The van der Waals surface area contributed by atoms with Gasteiger partial charge in [-0.2, -0.15) is 8.42 Å².